The second-order valence-corrected chi connectivity index (χ2v) is 9.44. The Kier molecular flexibility index (Phi) is 6.37. The number of pyridine rings is 1. The van der Waals surface area contributed by atoms with Gasteiger partial charge in [-0.15, -0.1) is 4.98 Å². The van der Waals surface area contributed by atoms with Crippen LogP contribution in [0.4, 0.5) is 23.4 Å². The van der Waals surface area contributed by atoms with E-state index in [1.807, 2.05) is 0 Å². The summed E-state index contributed by atoms with van der Waals surface area (Å²) in [6.07, 6.45) is -0.890. The fourth-order valence-electron chi connectivity index (χ4n) is 3.43. The molecule has 0 aliphatic rings. The molecule has 0 spiro atoms. The van der Waals surface area contributed by atoms with Crippen LogP contribution < -0.4 is 4.72 Å². The van der Waals surface area contributed by atoms with Crippen LogP contribution in [0, 0.1) is 19.3 Å². The summed E-state index contributed by atoms with van der Waals surface area (Å²) in [5.41, 5.74) is -0.375. The van der Waals surface area contributed by atoms with Gasteiger partial charge in [0.25, 0.3) is 5.82 Å². The van der Waals surface area contributed by atoms with Gasteiger partial charge in [0.05, 0.1) is 22.6 Å². The standard InChI is InChI=1S/C22H17F4N7O2S/c1-13-20(12-32(3)30-13)36(34,35)29-11-14-4-5-16(9-18(14)23)33-7-6-19(31-33)15-8-17(22(24,25)26)21(27-2)28-10-15/h4-10,12,29H,11H2,1,3H3. The number of aryl methyl sites for hydroxylation is 2. The molecule has 1 aromatic carbocycles. The Balaban J connectivity index is 1.55. The first kappa shape index (κ1) is 25.0. The summed E-state index contributed by atoms with van der Waals surface area (Å²) in [5.74, 6) is -1.48. The van der Waals surface area contributed by atoms with Crippen LogP contribution in [0.2, 0.25) is 0 Å². The molecule has 0 aliphatic heterocycles. The van der Waals surface area contributed by atoms with Crippen LogP contribution in [0.5, 0.6) is 0 Å². The van der Waals surface area contributed by atoms with E-state index in [9.17, 15) is 26.0 Å². The molecule has 0 aliphatic carbocycles. The Labute approximate surface area is 202 Å². The number of nitrogens with one attached hydrogen (secondary N) is 1. The van der Waals surface area contributed by atoms with Crippen molar-refractivity contribution in [3.05, 3.63) is 83.0 Å². The molecule has 0 bridgehead atoms. The van der Waals surface area contributed by atoms with Gasteiger partial charge in [-0.25, -0.2) is 22.2 Å². The van der Waals surface area contributed by atoms with Crippen molar-refractivity contribution in [3.63, 3.8) is 0 Å². The Morgan fingerprint density at radius 2 is 1.92 bits per heavy atom. The number of sulfonamides is 1. The van der Waals surface area contributed by atoms with E-state index >= 15 is 0 Å². The van der Waals surface area contributed by atoms with Crippen LogP contribution in [0.3, 0.4) is 0 Å². The number of hydrogen-bond donors (Lipinski definition) is 1. The molecule has 1 N–H and O–H groups in total. The van der Waals surface area contributed by atoms with E-state index in [2.05, 4.69) is 24.7 Å². The van der Waals surface area contributed by atoms with Crippen LogP contribution >= 0.6 is 0 Å². The average Bonchev–Trinajstić information content (AvgIpc) is 3.44. The maximum Gasteiger partial charge on any atom is 0.409 e. The lowest BCUT2D eigenvalue weighted by molar-refractivity contribution is -0.137. The van der Waals surface area contributed by atoms with Gasteiger partial charge >= 0.3 is 6.18 Å². The highest BCUT2D eigenvalue weighted by molar-refractivity contribution is 7.89. The molecule has 0 amide bonds. The summed E-state index contributed by atoms with van der Waals surface area (Å²) in [4.78, 5) is 6.36. The molecule has 14 heteroatoms. The molecule has 3 aromatic heterocycles. The van der Waals surface area contributed by atoms with Gasteiger partial charge in [0.15, 0.2) is 0 Å². The van der Waals surface area contributed by atoms with Crippen molar-refractivity contribution >= 4 is 15.8 Å². The zero-order valence-electron chi connectivity index (χ0n) is 18.7. The van der Waals surface area contributed by atoms with Crippen LogP contribution in [-0.2, 0) is 29.8 Å². The van der Waals surface area contributed by atoms with Crippen molar-refractivity contribution in [2.75, 3.05) is 0 Å². The van der Waals surface area contributed by atoms with Crippen LogP contribution in [0.1, 0.15) is 16.8 Å². The first-order chi connectivity index (χ1) is 16.9. The van der Waals surface area contributed by atoms with Gasteiger partial charge in [0, 0.05) is 37.1 Å². The van der Waals surface area contributed by atoms with Gasteiger partial charge in [-0.3, -0.25) is 4.68 Å². The fourth-order valence-corrected chi connectivity index (χ4v) is 4.65. The molecule has 9 nitrogen and oxygen atoms in total. The minimum atomic E-state index is -4.76. The molecular weight excluding hydrogens is 502 g/mol. The number of alkyl halides is 3. The topological polar surface area (TPSA) is 99.1 Å². The summed E-state index contributed by atoms with van der Waals surface area (Å²) in [5, 5.41) is 8.17. The van der Waals surface area contributed by atoms with Crippen molar-refractivity contribution in [2.24, 2.45) is 7.05 Å². The Bertz CT molecular complexity index is 1600. The number of halogens is 4. The van der Waals surface area contributed by atoms with Gasteiger partial charge in [-0.2, -0.15) is 23.4 Å². The quantitative estimate of drug-likeness (QED) is 0.305. The van der Waals surface area contributed by atoms with E-state index in [-0.39, 0.29) is 33.9 Å². The normalized spacial score (nSPS) is 12.0. The van der Waals surface area contributed by atoms with E-state index in [0.717, 1.165) is 18.3 Å². The predicted octanol–water partition coefficient (Wildman–Crippen LogP) is 4.16. The first-order valence-electron chi connectivity index (χ1n) is 10.2. The molecule has 4 aromatic rings. The first-order valence-corrected chi connectivity index (χ1v) is 11.7. The number of benzene rings is 1. The second kappa shape index (κ2) is 9.17. The maximum atomic E-state index is 14.7. The summed E-state index contributed by atoms with van der Waals surface area (Å²) < 4.78 is 84.4. The molecule has 0 radical (unpaired) electrons. The highest BCUT2D eigenvalue weighted by Gasteiger charge is 2.35. The van der Waals surface area contributed by atoms with Gasteiger partial charge in [0.2, 0.25) is 10.0 Å². The highest BCUT2D eigenvalue weighted by atomic mass is 32.2. The zero-order chi connectivity index (χ0) is 26.3. The monoisotopic (exact) mass is 519 g/mol. The highest BCUT2D eigenvalue weighted by Crippen LogP contribution is 2.37. The SMILES string of the molecule is [C-]#[N+]c1ncc(-c2ccn(-c3ccc(CNS(=O)(=O)c4cn(C)nc4C)c(F)c3)n2)cc1C(F)(F)F. The van der Waals surface area contributed by atoms with E-state index in [1.54, 1.807) is 14.0 Å². The third-order valence-electron chi connectivity index (χ3n) is 5.17. The smallest absolute Gasteiger partial charge is 0.360 e. The molecule has 0 saturated carbocycles. The maximum absolute atomic E-state index is 14.7. The van der Waals surface area contributed by atoms with Crippen molar-refractivity contribution < 1.29 is 26.0 Å². The van der Waals surface area contributed by atoms with Crippen molar-refractivity contribution in [1.29, 1.82) is 0 Å². The third kappa shape index (κ3) is 4.97. The van der Waals surface area contributed by atoms with Gasteiger partial charge in [-0.1, -0.05) is 12.6 Å². The second-order valence-electron chi connectivity index (χ2n) is 7.70. The fraction of sp³-hybridized carbons (Fsp3) is 0.182. The van der Waals surface area contributed by atoms with Crippen LogP contribution in [0.25, 0.3) is 21.8 Å². The average molecular weight is 519 g/mol. The van der Waals surface area contributed by atoms with Crippen molar-refractivity contribution in [1.82, 2.24) is 29.3 Å². The predicted molar refractivity (Wildman–Crippen MR) is 120 cm³/mol. The van der Waals surface area contributed by atoms with Crippen molar-refractivity contribution in [3.8, 4) is 16.9 Å². The lowest BCUT2D eigenvalue weighted by Crippen LogP contribution is -2.24. The van der Waals surface area contributed by atoms with E-state index in [0.29, 0.717) is 5.69 Å². The molecule has 0 unspecified atom stereocenters. The molecule has 0 fully saturated rings. The molecule has 36 heavy (non-hydrogen) atoms. The lowest BCUT2D eigenvalue weighted by atomic mass is 10.1. The Morgan fingerprint density at radius 1 is 1.17 bits per heavy atom. The van der Waals surface area contributed by atoms with Crippen LogP contribution in [-0.4, -0.2) is 33.0 Å². The van der Waals surface area contributed by atoms with E-state index < -0.39 is 33.4 Å². The van der Waals surface area contributed by atoms with E-state index in [1.165, 1.54) is 40.0 Å². The van der Waals surface area contributed by atoms with Gasteiger partial charge < -0.3 is 4.85 Å². The number of nitrogens with zero attached hydrogens (tertiary/aromatic N) is 6. The molecule has 3 heterocycles. The minimum Gasteiger partial charge on any atom is -0.360 e. The largest absolute Gasteiger partial charge is 0.409 e. The minimum absolute atomic E-state index is 0.0151. The summed E-state index contributed by atoms with van der Waals surface area (Å²) in [6.45, 7) is 8.11. The molecule has 0 saturated heterocycles. The third-order valence-corrected chi connectivity index (χ3v) is 6.68. The number of hydrogen-bond acceptors (Lipinski definition) is 5. The van der Waals surface area contributed by atoms with Gasteiger partial charge in [0.1, 0.15) is 16.9 Å². The van der Waals surface area contributed by atoms with Gasteiger partial charge in [-0.05, 0) is 31.2 Å². The van der Waals surface area contributed by atoms with Crippen molar-refractivity contribution in [2.45, 2.75) is 24.5 Å². The molecule has 186 valence electrons. The Hall–Kier alpha value is -4.09. The molecular formula is C22H17F4N7O2S. The number of rotatable bonds is 6. The lowest BCUT2D eigenvalue weighted by Gasteiger charge is -2.09. The molecule has 0 atom stereocenters. The van der Waals surface area contributed by atoms with E-state index in [4.69, 9.17) is 6.57 Å². The summed E-state index contributed by atoms with van der Waals surface area (Å²) in [6, 6.07) is 6.19. The summed E-state index contributed by atoms with van der Waals surface area (Å²) >= 11 is 0. The van der Waals surface area contributed by atoms with Crippen LogP contribution in [0.15, 0.2) is 53.8 Å². The zero-order valence-corrected chi connectivity index (χ0v) is 19.6. The Morgan fingerprint density at radius 3 is 2.53 bits per heavy atom. The summed E-state index contributed by atoms with van der Waals surface area (Å²) in [7, 11) is -2.33. The number of aromatic nitrogens is 5. The molecule has 4 rings (SSSR count).